The lowest BCUT2D eigenvalue weighted by Crippen LogP contribution is -2.16. The van der Waals surface area contributed by atoms with Crippen LogP contribution in [0.1, 0.15) is 18.9 Å². The van der Waals surface area contributed by atoms with Crippen molar-refractivity contribution in [1.29, 1.82) is 0 Å². The molecule has 106 valence electrons. The van der Waals surface area contributed by atoms with Gasteiger partial charge in [0.15, 0.2) is 0 Å². The largest absolute Gasteiger partial charge is 0.469 e. The van der Waals surface area contributed by atoms with E-state index in [1.54, 1.807) is 19.1 Å². The lowest BCUT2D eigenvalue weighted by molar-refractivity contribution is -0.141. The molecule has 5 nitrogen and oxygen atoms in total. The van der Waals surface area contributed by atoms with Crippen molar-refractivity contribution in [1.82, 2.24) is 0 Å². The van der Waals surface area contributed by atoms with Crippen LogP contribution in [0.4, 0.5) is 0 Å². The van der Waals surface area contributed by atoms with Crippen LogP contribution in [0, 0.1) is 12.8 Å². The normalized spacial score (nSPS) is 13.0. The van der Waals surface area contributed by atoms with E-state index in [9.17, 15) is 13.2 Å². The maximum absolute atomic E-state index is 11.9. The predicted molar refractivity (Wildman–Crippen MR) is 70.1 cm³/mol. The molecular weight excluding hydrogens is 268 g/mol. The van der Waals surface area contributed by atoms with E-state index in [4.69, 9.17) is 4.18 Å². The van der Waals surface area contributed by atoms with Crippen molar-refractivity contribution in [2.75, 3.05) is 13.7 Å². The summed E-state index contributed by atoms with van der Waals surface area (Å²) in [5.41, 5.74) is 0.970. The molecule has 0 aliphatic heterocycles. The summed E-state index contributed by atoms with van der Waals surface area (Å²) in [5, 5.41) is 0. The van der Waals surface area contributed by atoms with E-state index < -0.39 is 10.1 Å². The summed E-state index contributed by atoms with van der Waals surface area (Å²) < 4.78 is 33.2. The van der Waals surface area contributed by atoms with Crippen molar-refractivity contribution in [3.63, 3.8) is 0 Å². The quantitative estimate of drug-likeness (QED) is 0.590. The molecule has 0 N–H and O–H groups in total. The number of methoxy groups -OCH3 is 1. The van der Waals surface area contributed by atoms with Gasteiger partial charge in [-0.2, -0.15) is 8.42 Å². The third kappa shape index (κ3) is 5.00. The molecular formula is C13H18O5S. The van der Waals surface area contributed by atoms with Crippen molar-refractivity contribution in [2.24, 2.45) is 5.92 Å². The second kappa shape index (κ2) is 6.68. The molecule has 1 aromatic carbocycles. The molecule has 0 bridgehead atoms. The summed E-state index contributed by atoms with van der Waals surface area (Å²) in [4.78, 5) is 11.1. The van der Waals surface area contributed by atoms with Crippen LogP contribution in [0.3, 0.4) is 0 Å². The maximum Gasteiger partial charge on any atom is 0.305 e. The Morgan fingerprint density at radius 2 is 1.84 bits per heavy atom. The van der Waals surface area contributed by atoms with Crippen LogP contribution in [0.25, 0.3) is 0 Å². The number of carbonyl (C=O) groups excluding carboxylic acids is 1. The highest BCUT2D eigenvalue weighted by molar-refractivity contribution is 7.86. The van der Waals surface area contributed by atoms with Gasteiger partial charge in [-0.1, -0.05) is 24.6 Å². The summed E-state index contributed by atoms with van der Waals surface area (Å²) in [6, 6.07) is 6.40. The average Bonchev–Trinajstić information content (AvgIpc) is 2.37. The summed E-state index contributed by atoms with van der Waals surface area (Å²) in [6.07, 6.45) is 0.125. The standard InChI is InChI=1S/C13H18O5S/c1-10-4-6-12(7-5-10)19(15,16)18-9-11(2)8-13(14)17-3/h4-7,11H,8-9H2,1-3H3/t11-/m0/s1. The van der Waals surface area contributed by atoms with Gasteiger partial charge < -0.3 is 4.74 Å². The fraction of sp³-hybridized carbons (Fsp3) is 0.462. The zero-order valence-corrected chi connectivity index (χ0v) is 12.1. The molecule has 0 amide bonds. The first-order chi connectivity index (χ1) is 8.85. The molecule has 1 atom stereocenters. The van der Waals surface area contributed by atoms with Gasteiger partial charge in [-0.05, 0) is 25.0 Å². The van der Waals surface area contributed by atoms with Crippen molar-refractivity contribution < 1.29 is 22.1 Å². The minimum atomic E-state index is -3.77. The molecule has 0 aromatic heterocycles. The first-order valence-electron chi connectivity index (χ1n) is 5.88. The van der Waals surface area contributed by atoms with Gasteiger partial charge >= 0.3 is 5.97 Å². The van der Waals surface area contributed by atoms with Crippen molar-refractivity contribution in [3.05, 3.63) is 29.8 Å². The van der Waals surface area contributed by atoms with Crippen molar-refractivity contribution in [2.45, 2.75) is 25.2 Å². The second-order valence-corrected chi connectivity index (χ2v) is 6.05. The fourth-order valence-electron chi connectivity index (χ4n) is 1.41. The molecule has 0 fully saturated rings. The molecule has 0 radical (unpaired) electrons. The molecule has 0 unspecified atom stereocenters. The molecule has 6 heteroatoms. The number of esters is 1. The Labute approximate surface area is 113 Å². The highest BCUT2D eigenvalue weighted by atomic mass is 32.2. The first-order valence-corrected chi connectivity index (χ1v) is 7.29. The van der Waals surface area contributed by atoms with E-state index in [2.05, 4.69) is 4.74 Å². The van der Waals surface area contributed by atoms with Crippen LogP contribution in [0.5, 0.6) is 0 Å². The topological polar surface area (TPSA) is 69.7 Å². The Balaban J connectivity index is 2.61. The number of hydrogen-bond acceptors (Lipinski definition) is 5. The zero-order chi connectivity index (χ0) is 14.5. The molecule has 0 saturated heterocycles. The van der Waals surface area contributed by atoms with Gasteiger partial charge in [0.25, 0.3) is 10.1 Å². The third-order valence-corrected chi connectivity index (χ3v) is 3.86. The van der Waals surface area contributed by atoms with Gasteiger partial charge in [-0.15, -0.1) is 0 Å². The molecule has 1 aromatic rings. The van der Waals surface area contributed by atoms with Gasteiger partial charge in [0.2, 0.25) is 0 Å². The van der Waals surface area contributed by atoms with E-state index in [-0.39, 0.29) is 29.8 Å². The number of rotatable bonds is 6. The molecule has 0 saturated carbocycles. The molecule has 0 heterocycles. The number of carbonyl (C=O) groups is 1. The molecule has 19 heavy (non-hydrogen) atoms. The van der Waals surface area contributed by atoms with Gasteiger partial charge in [-0.3, -0.25) is 8.98 Å². The first kappa shape index (κ1) is 15.7. The van der Waals surface area contributed by atoms with Crippen LogP contribution in [-0.2, 0) is 23.8 Å². The monoisotopic (exact) mass is 286 g/mol. The Kier molecular flexibility index (Phi) is 5.50. The van der Waals surface area contributed by atoms with Crippen molar-refractivity contribution >= 4 is 16.1 Å². The summed E-state index contributed by atoms with van der Waals surface area (Å²) >= 11 is 0. The van der Waals surface area contributed by atoms with Gasteiger partial charge in [0, 0.05) is 0 Å². The predicted octanol–water partition coefficient (Wildman–Crippen LogP) is 1.90. The Hall–Kier alpha value is -1.40. The van der Waals surface area contributed by atoms with Crippen LogP contribution in [0.15, 0.2) is 29.2 Å². The Morgan fingerprint density at radius 1 is 1.26 bits per heavy atom. The molecule has 0 aliphatic carbocycles. The Morgan fingerprint density at radius 3 is 2.37 bits per heavy atom. The lowest BCUT2D eigenvalue weighted by atomic mass is 10.1. The van der Waals surface area contributed by atoms with Gasteiger partial charge in [0.05, 0.1) is 25.0 Å². The number of ether oxygens (including phenoxy) is 1. The highest BCUT2D eigenvalue weighted by Crippen LogP contribution is 2.15. The summed E-state index contributed by atoms with van der Waals surface area (Å²) in [6.45, 7) is 3.54. The second-order valence-electron chi connectivity index (χ2n) is 4.44. The average molecular weight is 286 g/mol. The van der Waals surface area contributed by atoms with E-state index in [1.165, 1.54) is 19.2 Å². The lowest BCUT2D eigenvalue weighted by Gasteiger charge is -2.11. The van der Waals surface area contributed by atoms with Gasteiger partial charge in [0.1, 0.15) is 0 Å². The number of benzene rings is 1. The van der Waals surface area contributed by atoms with E-state index in [0.29, 0.717) is 0 Å². The third-order valence-electron chi connectivity index (χ3n) is 2.56. The number of hydrogen-bond donors (Lipinski definition) is 0. The van der Waals surface area contributed by atoms with E-state index >= 15 is 0 Å². The molecule has 0 aliphatic rings. The van der Waals surface area contributed by atoms with Gasteiger partial charge in [-0.25, -0.2) is 0 Å². The smallest absolute Gasteiger partial charge is 0.305 e. The minimum Gasteiger partial charge on any atom is -0.469 e. The SMILES string of the molecule is COC(=O)C[C@H](C)COS(=O)(=O)c1ccc(C)cc1. The van der Waals surface area contributed by atoms with Crippen LogP contribution in [0.2, 0.25) is 0 Å². The van der Waals surface area contributed by atoms with E-state index in [1.807, 2.05) is 6.92 Å². The van der Waals surface area contributed by atoms with Crippen LogP contribution >= 0.6 is 0 Å². The maximum atomic E-state index is 11.9. The summed E-state index contributed by atoms with van der Waals surface area (Å²) in [7, 11) is -2.48. The fourth-order valence-corrected chi connectivity index (χ4v) is 2.42. The van der Waals surface area contributed by atoms with Crippen LogP contribution in [-0.4, -0.2) is 28.1 Å². The Bertz CT molecular complexity index is 518. The molecule has 0 spiro atoms. The number of aryl methyl sites for hydroxylation is 1. The van der Waals surface area contributed by atoms with Crippen molar-refractivity contribution in [3.8, 4) is 0 Å². The summed E-state index contributed by atoms with van der Waals surface area (Å²) in [5.74, 6) is -0.614. The van der Waals surface area contributed by atoms with Crippen LogP contribution < -0.4 is 0 Å². The highest BCUT2D eigenvalue weighted by Gasteiger charge is 2.18. The molecule has 1 rings (SSSR count). The zero-order valence-electron chi connectivity index (χ0n) is 11.3. The van der Waals surface area contributed by atoms with E-state index in [0.717, 1.165) is 5.56 Å². The minimum absolute atomic E-state index is 0.0503.